The van der Waals surface area contributed by atoms with Crippen molar-refractivity contribution in [1.82, 2.24) is 19.7 Å². The molecule has 0 saturated carbocycles. The molecule has 0 spiro atoms. The Hall–Kier alpha value is -1.49. The first-order valence-electron chi connectivity index (χ1n) is 9.04. The molecule has 1 aromatic heterocycles. The maximum absolute atomic E-state index is 4.49. The molecule has 5 heteroatoms. The first-order valence-corrected chi connectivity index (χ1v) is 9.04. The van der Waals surface area contributed by atoms with Gasteiger partial charge in [-0.3, -0.25) is 4.99 Å². The fourth-order valence-corrected chi connectivity index (χ4v) is 3.86. The fraction of sp³-hybridized carbons (Fsp3) is 0.722. The Bertz CT molecular complexity index is 515. The largest absolute Gasteiger partial charge is 0.353 e. The molecule has 2 aliphatic heterocycles. The van der Waals surface area contributed by atoms with Crippen molar-refractivity contribution in [1.29, 1.82) is 0 Å². The molecule has 23 heavy (non-hydrogen) atoms. The van der Waals surface area contributed by atoms with Gasteiger partial charge < -0.3 is 19.7 Å². The van der Waals surface area contributed by atoms with Gasteiger partial charge in [0.2, 0.25) is 0 Å². The number of likely N-dealkylation sites (tertiary alicyclic amines) is 2. The molecule has 2 aliphatic rings. The standard InChI is InChI=1S/C18H31N5/c1-19-18(20-13-17-7-6-9-21(17)2)23-12-8-16(15-23)14-22-10-4-3-5-11-22/h6-7,9,16H,3-5,8,10-15H2,1-2H3,(H,19,20). The second kappa shape index (κ2) is 7.86. The second-order valence-corrected chi connectivity index (χ2v) is 6.97. The third-order valence-corrected chi connectivity index (χ3v) is 5.24. The molecule has 3 heterocycles. The molecule has 0 aromatic carbocycles. The maximum Gasteiger partial charge on any atom is 0.193 e. The van der Waals surface area contributed by atoms with Crippen LogP contribution in [0.25, 0.3) is 0 Å². The molecule has 1 aromatic rings. The van der Waals surface area contributed by atoms with Crippen LogP contribution in [-0.4, -0.2) is 60.1 Å². The summed E-state index contributed by atoms with van der Waals surface area (Å²) in [6, 6.07) is 4.24. The van der Waals surface area contributed by atoms with Crippen LogP contribution in [0.4, 0.5) is 0 Å². The van der Waals surface area contributed by atoms with E-state index in [9.17, 15) is 0 Å². The highest BCUT2D eigenvalue weighted by Crippen LogP contribution is 2.20. The molecule has 0 bridgehead atoms. The van der Waals surface area contributed by atoms with Gasteiger partial charge in [0.1, 0.15) is 0 Å². The Kier molecular flexibility index (Phi) is 5.60. The quantitative estimate of drug-likeness (QED) is 0.681. The summed E-state index contributed by atoms with van der Waals surface area (Å²) in [5, 5.41) is 3.52. The van der Waals surface area contributed by atoms with Gasteiger partial charge in [0.05, 0.1) is 6.54 Å². The van der Waals surface area contributed by atoms with Gasteiger partial charge in [-0.15, -0.1) is 0 Å². The van der Waals surface area contributed by atoms with Crippen LogP contribution in [0.2, 0.25) is 0 Å². The average molecular weight is 317 g/mol. The van der Waals surface area contributed by atoms with Crippen LogP contribution in [-0.2, 0) is 13.6 Å². The highest BCUT2D eigenvalue weighted by molar-refractivity contribution is 5.80. The molecule has 0 aliphatic carbocycles. The number of piperidine rings is 1. The highest BCUT2D eigenvalue weighted by Gasteiger charge is 2.26. The summed E-state index contributed by atoms with van der Waals surface area (Å²) in [7, 11) is 3.98. The van der Waals surface area contributed by atoms with Crippen molar-refractivity contribution >= 4 is 5.96 Å². The van der Waals surface area contributed by atoms with Crippen LogP contribution < -0.4 is 5.32 Å². The molecule has 1 unspecified atom stereocenters. The molecule has 1 N–H and O–H groups in total. The van der Waals surface area contributed by atoms with E-state index in [1.807, 2.05) is 7.05 Å². The lowest BCUT2D eigenvalue weighted by Crippen LogP contribution is -2.41. The second-order valence-electron chi connectivity index (χ2n) is 6.97. The monoisotopic (exact) mass is 317 g/mol. The van der Waals surface area contributed by atoms with Crippen molar-refractivity contribution < 1.29 is 0 Å². The van der Waals surface area contributed by atoms with Crippen molar-refractivity contribution in [3.8, 4) is 0 Å². The number of guanidine groups is 1. The molecular formula is C18H31N5. The van der Waals surface area contributed by atoms with Gasteiger partial charge in [-0.1, -0.05) is 6.42 Å². The predicted octanol–water partition coefficient (Wildman–Crippen LogP) is 1.91. The predicted molar refractivity (Wildman–Crippen MR) is 95.6 cm³/mol. The number of nitrogens with zero attached hydrogens (tertiary/aromatic N) is 4. The van der Waals surface area contributed by atoms with Gasteiger partial charge in [0, 0.05) is 45.6 Å². The zero-order valence-electron chi connectivity index (χ0n) is 14.7. The van der Waals surface area contributed by atoms with Crippen LogP contribution in [0.5, 0.6) is 0 Å². The lowest BCUT2D eigenvalue weighted by Gasteiger charge is -2.29. The Labute approximate surface area is 140 Å². The van der Waals surface area contributed by atoms with E-state index < -0.39 is 0 Å². The van der Waals surface area contributed by atoms with Crippen LogP contribution >= 0.6 is 0 Å². The zero-order chi connectivity index (χ0) is 16.1. The van der Waals surface area contributed by atoms with Gasteiger partial charge >= 0.3 is 0 Å². The highest BCUT2D eigenvalue weighted by atomic mass is 15.3. The summed E-state index contributed by atoms with van der Waals surface area (Å²) < 4.78 is 2.16. The number of hydrogen-bond acceptors (Lipinski definition) is 2. The summed E-state index contributed by atoms with van der Waals surface area (Å²) in [4.78, 5) is 9.58. The molecular weight excluding hydrogens is 286 g/mol. The van der Waals surface area contributed by atoms with E-state index in [1.54, 1.807) is 0 Å². The number of aromatic nitrogens is 1. The van der Waals surface area contributed by atoms with Crippen LogP contribution in [0.1, 0.15) is 31.4 Å². The van der Waals surface area contributed by atoms with E-state index in [-0.39, 0.29) is 0 Å². The third kappa shape index (κ3) is 4.28. The molecule has 0 radical (unpaired) electrons. The van der Waals surface area contributed by atoms with Gasteiger partial charge in [-0.25, -0.2) is 0 Å². The summed E-state index contributed by atoms with van der Waals surface area (Å²) in [5.41, 5.74) is 1.29. The Balaban J connectivity index is 1.47. The lowest BCUT2D eigenvalue weighted by atomic mass is 10.1. The van der Waals surface area contributed by atoms with E-state index in [2.05, 4.69) is 50.1 Å². The molecule has 2 fully saturated rings. The van der Waals surface area contributed by atoms with Gasteiger partial charge in [-0.05, 0) is 50.4 Å². The summed E-state index contributed by atoms with van der Waals surface area (Å²) in [6.07, 6.45) is 7.57. The van der Waals surface area contributed by atoms with E-state index >= 15 is 0 Å². The minimum atomic E-state index is 0.793. The third-order valence-electron chi connectivity index (χ3n) is 5.24. The SMILES string of the molecule is CN=C(NCc1cccn1C)N1CCC(CN2CCCCC2)C1. The van der Waals surface area contributed by atoms with Gasteiger partial charge in [0.15, 0.2) is 5.96 Å². The van der Waals surface area contributed by atoms with Crippen LogP contribution in [0.15, 0.2) is 23.3 Å². The summed E-state index contributed by atoms with van der Waals surface area (Å²) in [6.45, 7) is 6.98. The normalized spacial score (nSPS) is 23.5. The minimum Gasteiger partial charge on any atom is -0.353 e. The summed E-state index contributed by atoms with van der Waals surface area (Å²) >= 11 is 0. The van der Waals surface area contributed by atoms with Crippen molar-refractivity contribution in [2.75, 3.05) is 39.8 Å². The van der Waals surface area contributed by atoms with Crippen molar-refractivity contribution in [3.05, 3.63) is 24.0 Å². The van der Waals surface area contributed by atoms with Gasteiger partial charge in [-0.2, -0.15) is 0 Å². The molecule has 1 atom stereocenters. The average Bonchev–Trinajstić information content (AvgIpc) is 3.19. The Morgan fingerprint density at radius 1 is 1.26 bits per heavy atom. The first kappa shape index (κ1) is 16.4. The zero-order valence-corrected chi connectivity index (χ0v) is 14.7. The van der Waals surface area contributed by atoms with E-state index in [0.29, 0.717) is 0 Å². The summed E-state index contributed by atoms with van der Waals surface area (Å²) in [5.74, 6) is 1.84. The number of hydrogen-bond donors (Lipinski definition) is 1. The number of aliphatic imine (C=N–C) groups is 1. The van der Waals surface area contributed by atoms with E-state index in [4.69, 9.17) is 0 Å². The molecule has 2 saturated heterocycles. The van der Waals surface area contributed by atoms with Crippen LogP contribution in [0, 0.1) is 5.92 Å². The minimum absolute atomic E-state index is 0.793. The van der Waals surface area contributed by atoms with Crippen molar-refractivity contribution in [3.63, 3.8) is 0 Å². The van der Waals surface area contributed by atoms with Crippen molar-refractivity contribution in [2.24, 2.45) is 18.0 Å². The topological polar surface area (TPSA) is 35.8 Å². The smallest absolute Gasteiger partial charge is 0.193 e. The first-order chi connectivity index (χ1) is 11.3. The fourth-order valence-electron chi connectivity index (χ4n) is 3.86. The van der Waals surface area contributed by atoms with Crippen LogP contribution in [0.3, 0.4) is 0 Å². The molecule has 128 valence electrons. The van der Waals surface area contributed by atoms with Crippen molar-refractivity contribution in [2.45, 2.75) is 32.2 Å². The number of nitrogens with one attached hydrogen (secondary N) is 1. The molecule has 0 amide bonds. The number of aryl methyl sites for hydroxylation is 1. The molecule has 5 nitrogen and oxygen atoms in total. The van der Waals surface area contributed by atoms with E-state index in [0.717, 1.165) is 31.5 Å². The number of rotatable bonds is 4. The Morgan fingerprint density at radius 3 is 2.78 bits per heavy atom. The maximum atomic E-state index is 4.49. The Morgan fingerprint density at radius 2 is 2.09 bits per heavy atom. The molecule has 3 rings (SSSR count). The lowest BCUT2D eigenvalue weighted by molar-refractivity contribution is 0.198. The van der Waals surface area contributed by atoms with Gasteiger partial charge in [0.25, 0.3) is 0 Å². The van der Waals surface area contributed by atoms with E-state index in [1.165, 1.54) is 51.0 Å².